The Kier molecular flexibility index (Phi) is 2.04. The van der Waals surface area contributed by atoms with Gasteiger partial charge in [-0.15, -0.1) is 0 Å². The molecule has 3 heterocycles. The second-order valence-electron chi connectivity index (χ2n) is 6.05. The van der Waals surface area contributed by atoms with E-state index in [1.54, 1.807) is 0 Å². The molecule has 3 aliphatic rings. The maximum atomic E-state index is 6.40. The van der Waals surface area contributed by atoms with Gasteiger partial charge in [0.05, 0.1) is 12.6 Å². The monoisotopic (exact) mass is 245 g/mol. The van der Waals surface area contributed by atoms with Crippen LogP contribution in [0.4, 0.5) is 0 Å². The minimum atomic E-state index is -0.142. The van der Waals surface area contributed by atoms with Crippen molar-refractivity contribution in [3.05, 3.63) is 35.9 Å². The molecule has 0 aromatic heterocycles. The quantitative estimate of drug-likeness (QED) is 0.759. The van der Waals surface area contributed by atoms with Gasteiger partial charge in [0.25, 0.3) is 0 Å². The third-order valence-electron chi connectivity index (χ3n) is 4.83. The first-order chi connectivity index (χ1) is 8.62. The molecule has 2 unspecified atom stereocenters. The van der Waals surface area contributed by atoms with Crippen LogP contribution in [0.3, 0.4) is 0 Å². The lowest BCUT2D eigenvalue weighted by Crippen LogP contribution is -2.47. The van der Waals surface area contributed by atoms with Crippen LogP contribution in [-0.2, 0) is 9.47 Å². The Labute approximate surface area is 108 Å². The highest BCUT2D eigenvalue weighted by atomic mass is 16.6. The molecule has 3 saturated heterocycles. The number of benzene rings is 1. The molecule has 3 aliphatic heterocycles. The fourth-order valence-corrected chi connectivity index (χ4v) is 4.01. The molecule has 3 nitrogen and oxygen atoms in total. The molecule has 18 heavy (non-hydrogen) atoms. The Morgan fingerprint density at radius 2 is 1.83 bits per heavy atom. The van der Waals surface area contributed by atoms with Gasteiger partial charge in [0.1, 0.15) is 17.6 Å². The first kappa shape index (κ1) is 11.0. The summed E-state index contributed by atoms with van der Waals surface area (Å²) in [7, 11) is 0. The Morgan fingerprint density at radius 1 is 1.11 bits per heavy atom. The molecule has 1 aromatic rings. The van der Waals surface area contributed by atoms with Gasteiger partial charge < -0.3 is 9.47 Å². The van der Waals surface area contributed by atoms with E-state index in [2.05, 4.69) is 49.1 Å². The molecular formula is C15H19NO2. The van der Waals surface area contributed by atoms with E-state index in [-0.39, 0.29) is 17.6 Å². The van der Waals surface area contributed by atoms with E-state index in [4.69, 9.17) is 9.47 Å². The number of rotatable bonds is 1. The summed E-state index contributed by atoms with van der Waals surface area (Å²) in [6.45, 7) is 5.20. The average Bonchev–Trinajstić information content (AvgIpc) is 2.96. The molecule has 96 valence electrons. The number of nitrogens with zero attached hydrogens (tertiary/aromatic N) is 1. The van der Waals surface area contributed by atoms with Crippen LogP contribution in [0.25, 0.3) is 0 Å². The van der Waals surface area contributed by atoms with Crippen molar-refractivity contribution in [3.63, 3.8) is 0 Å². The second kappa shape index (κ2) is 3.35. The third kappa shape index (κ3) is 1.25. The standard InChI is InChI=1S/C15H19NO2/c1-14-8-9-15(2)16(14)12(10-17-14)13(18-15)11-6-4-3-5-7-11/h3-7,12-13H,8-10H2,1-2H3/t12-,13-,14?,15?/m0/s1. The van der Waals surface area contributed by atoms with Crippen LogP contribution >= 0.6 is 0 Å². The predicted molar refractivity (Wildman–Crippen MR) is 67.9 cm³/mol. The van der Waals surface area contributed by atoms with Gasteiger partial charge in [0.2, 0.25) is 0 Å². The predicted octanol–water partition coefficient (Wildman–Crippen LogP) is 2.68. The van der Waals surface area contributed by atoms with Crippen LogP contribution in [0, 0.1) is 0 Å². The van der Waals surface area contributed by atoms with Crippen molar-refractivity contribution in [2.75, 3.05) is 6.61 Å². The molecule has 4 atom stereocenters. The summed E-state index contributed by atoms with van der Waals surface area (Å²) in [5.74, 6) is 0. The van der Waals surface area contributed by atoms with Crippen LogP contribution in [0.5, 0.6) is 0 Å². The van der Waals surface area contributed by atoms with Gasteiger partial charge in [-0.1, -0.05) is 30.3 Å². The summed E-state index contributed by atoms with van der Waals surface area (Å²) in [4.78, 5) is 2.47. The van der Waals surface area contributed by atoms with Gasteiger partial charge in [0.15, 0.2) is 0 Å². The first-order valence-electron chi connectivity index (χ1n) is 6.79. The molecule has 3 heteroatoms. The molecule has 0 radical (unpaired) electrons. The van der Waals surface area contributed by atoms with Crippen LogP contribution in [0.2, 0.25) is 0 Å². The zero-order valence-electron chi connectivity index (χ0n) is 10.9. The minimum absolute atomic E-state index is 0.108. The van der Waals surface area contributed by atoms with Crippen LogP contribution < -0.4 is 0 Å². The highest BCUT2D eigenvalue weighted by Gasteiger charge is 2.65. The Morgan fingerprint density at radius 3 is 2.61 bits per heavy atom. The van der Waals surface area contributed by atoms with Crippen molar-refractivity contribution in [2.24, 2.45) is 0 Å². The summed E-state index contributed by atoms with van der Waals surface area (Å²) >= 11 is 0. The van der Waals surface area contributed by atoms with E-state index < -0.39 is 0 Å². The summed E-state index contributed by atoms with van der Waals surface area (Å²) in [5, 5.41) is 0. The molecular weight excluding hydrogens is 226 g/mol. The molecule has 0 bridgehead atoms. The van der Waals surface area contributed by atoms with Gasteiger partial charge in [-0.3, -0.25) is 0 Å². The number of hydrogen-bond acceptors (Lipinski definition) is 3. The third-order valence-corrected chi connectivity index (χ3v) is 4.83. The van der Waals surface area contributed by atoms with E-state index in [1.165, 1.54) is 5.56 Å². The highest BCUT2D eigenvalue weighted by Crippen LogP contribution is 2.56. The van der Waals surface area contributed by atoms with E-state index in [1.807, 2.05) is 0 Å². The fraction of sp³-hybridized carbons (Fsp3) is 0.600. The van der Waals surface area contributed by atoms with Crippen LogP contribution in [0.15, 0.2) is 30.3 Å². The first-order valence-corrected chi connectivity index (χ1v) is 6.79. The van der Waals surface area contributed by atoms with Crippen molar-refractivity contribution in [1.82, 2.24) is 4.90 Å². The van der Waals surface area contributed by atoms with Gasteiger partial charge in [-0.05, 0) is 32.3 Å². The lowest BCUT2D eigenvalue weighted by molar-refractivity contribution is -0.134. The maximum absolute atomic E-state index is 6.40. The second-order valence-corrected chi connectivity index (χ2v) is 6.05. The lowest BCUT2D eigenvalue weighted by atomic mass is 10.0. The van der Waals surface area contributed by atoms with Gasteiger partial charge in [0, 0.05) is 0 Å². The normalized spacial score (nSPS) is 46.6. The molecule has 3 fully saturated rings. The summed E-state index contributed by atoms with van der Waals surface area (Å²) < 4.78 is 12.5. The largest absolute Gasteiger partial charge is 0.359 e. The van der Waals surface area contributed by atoms with Gasteiger partial charge >= 0.3 is 0 Å². The van der Waals surface area contributed by atoms with E-state index in [0.717, 1.165) is 19.4 Å². The molecule has 0 N–H and O–H groups in total. The van der Waals surface area contributed by atoms with Crippen molar-refractivity contribution < 1.29 is 9.47 Å². The van der Waals surface area contributed by atoms with Crippen LogP contribution in [-0.4, -0.2) is 29.0 Å². The summed E-state index contributed by atoms with van der Waals surface area (Å²) in [6.07, 6.45) is 2.28. The van der Waals surface area contributed by atoms with Crippen molar-refractivity contribution in [2.45, 2.75) is 50.3 Å². The van der Waals surface area contributed by atoms with E-state index in [0.29, 0.717) is 6.04 Å². The maximum Gasteiger partial charge on any atom is 0.122 e. The smallest absolute Gasteiger partial charge is 0.122 e. The molecule has 1 aromatic carbocycles. The molecule has 0 amide bonds. The van der Waals surface area contributed by atoms with E-state index >= 15 is 0 Å². The Hall–Kier alpha value is -0.900. The molecule has 0 spiro atoms. The zero-order chi connectivity index (χ0) is 12.4. The number of hydrogen-bond donors (Lipinski definition) is 0. The average molecular weight is 245 g/mol. The minimum Gasteiger partial charge on any atom is -0.359 e. The van der Waals surface area contributed by atoms with Crippen molar-refractivity contribution in [1.29, 1.82) is 0 Å². The molecule has 4 rings (SSSR count). The highest BCUT2D eigenvalue weighted by molar-refractivity contribution is 5.23. The Bertz CT molecular complexity index is 477. The van der Waals surface area contributed by atoms with Crippen LogP contribution in [0.1, 0.15) is 38.4 Å². The Balaban J connectivity index is 1.75. The van der Waals surface area contributed by atoms with Crippen molar-refractivity contribution in [3.8, 4) is 0 Å². The summed E-state index contributed by atoms with van der Waals surface area (Å²) in [6, 6.07) is 10.9. The van der Waals surface area contributed by atoms with Crippen molar-refractivity contribution >= 4 is 0 Å². The summed E-state index contributed by atoms with van der Waals surface area (Å²) in [5.41, 5.74) is 1.02. The molecule has 0 aliphatic carbocycles. The zero-order valence-corrected chi connectivity index (χ0v) is 10.9. The number of ether oxygens (including phenoxy) is 2. The van der Waals surface area contributed by atoms with E-state index in [9.17, 15) is 0 Å². The SMILES string of the molecule is CC12CCC3(C)O[C@@H](c4ccccc4)[C@H](CO1)N23. The topological polar surface area (TPSA) is 21.7 Å². The van der Waals surface area contributed by atoms with Gasteiger partial charge in [-0.2, -0.15) is 0 Å². The molecule has 0 saturated carbocycles. The fourth-order valence-electron chi connectivity index (χ4n) is 4.01. The van der Waals surface area contributed by atoms with Gasteiger partial charge in [-0.25, -0.2) is 4.90 Å². The lowest BCUT2D eigenvalue weighted by Gasteiger charge is -2.32.